The van der Waals surface area contributed by atoms with Crippen molar-refractivity contribution in [3.63, 3.8) is 0 Å². The van der Waals surface area contributed by atoms with Gasteiger partial charge in [0, 0.05) is 52.0 Å². The number of likely N-dealkylation sites (N-methyl/N-ethyl adjacent to an activating group) is 1. The Morgan fingerprint density at radius 3 is 2.67 bits per heavy atom. The standard InChI is InChI=1S/C21H29N5O/c1-24(2)20-13-19(22-16-23-20)11-18-14-25(3)9-10-26(15-18)21(27)12-17-7-5-4-6-8-17/h4-8,13,16,18H,9-12,14-15H2,1-3H3. The summed E-state index contributed by atoms with van der Waals surface area (Å²) in [6, 6.07) is 12.0. The Kier molecular flexibility index (Phi) is 6.40. The molecular weight excluding hydrogens is 338 g/mol. The van der Waals surface area contributed by atoms with Crippen molar-refractivity contribution in [3.8, 4) is 0 Å². The van der Waals surface area contributed by atoms with E-state index in [1.54, 1.807) is 6.33 Å². The molecule has 1 atom stereocenters. The first-order valence-corrected chi connectivity index (χ1v) is 9.49. The molecule has 0 aliphatic carbocycles. The SMILES string of the molecule is CN1CCN(C(=O)Cc2ccccc2)CC(Cc2cc(N(C)C)ncn2)C1. The van der Waals surface area contributed by atoms with Gasteiger partial charge in [-0.1, -0.05) is 30.3 Å². The van der Waals surface area contributed by atoms with Gasteiger partial charge in [0.05, 0.1) is 6.42 Å². The predicted octanol–water partition coefficient (Wildman–Crippen LogP) is 1.72. The molecule has 0 radical (unpaired) electrons. The Morgan fingerprint density at radius 2 is 1.93 bits per heavy atom. The van der Waals surface area contributed by atoms with Gasteiger partial charge >= 0.3 is 0 Å². The van der Waals surface area contributed by atoms with Gasteiger partial charge in [0.25, 0.3) is 0 Å². The average Bonchev–Trinajstić information content (AvgIpc) is 2.84. The van der Waals surface area contributed by atoms with Gasteiger partial charge in [0.15, 0.2) is 0 Å². The molecule has 0 saturated carbocycles. The quantitative estimate of drug-likeness (QED) is 0.805. The first kappa shape index (κ1) is 19.3. The second-order valence-corrected chi connectivity index (χ2v) is 7.60. The van der Waals surface area contributed by atoms with Crippen LogP contribution in [0.15, 0.2) is 42.7 Å². The molecule has 1 amide bonds. The highest BCUT2D eigenvalue weighted by atomic mass is 16.2. The summed E-state index contributed by atoms with van der Waals surface area (Å²) in [7, 11) is 6.09. The Morgan fingerprint density at radius 1 is 1.15 bits per heavy atom. The van der Waals surface area contributed by atoms with Crippen molar-refractivity contribution in [1.29, 1.82) is 0 Å². The summed E-state index contributed by atoms with van der Waals surface area (Å²) in [6.07, 6.45) is 2.95. The van der Waals surface area contributed by atoms with E-state index >= 15 is 0 Å². The minimum absolute atomic E-state index is 0.207. The van der Waals surface area contributed by atoms with Gasteiger partial charge in [0.2, 0.25) is 5.91 Å². The summed E-state index contributed by atoms with van der Waals surface area (Å²) < 4.78 is 0. The molecule has 27 heavy (non-hydrogen) atoms. The molecule has 0 N–H and O–H groups in total. The first-order valence-electron chi connectivity index (χ1n) is 9.49. The molecule has 3 rings (SSSR count). The van der Waals surface area contributed by atoms with Crippen molar-refractivity contribution in [2.75, 3.05) is 52.2 Å². The van der Waals surface area contributed by atoms with Crippen LogP contribution in [-0.2, 0) is 17.6 Å². The highest BCUT2D eigenvalue weighted by Gasteiger charge is 2.25. The van der Waals surface area contributed by atoms with Crippen LogP contribution < -0.4 is 4.90 Å². The zero-order chi connectivity index (χ0) is 19.2. The fourth-order valence-corrected chi connectivity index (χ4v) is 3.56. The van der Waals surface area contributed by atoms with Crippen LogP contribution in [0.5, 0.6) is 0 Å². The Balaban J connectivity index is 1.68. The minimum Gasteiger partial charge on any atom is -0.363 e. The average molecular weight is 367 g/mol. The second kappa shape index (κ2) is 8.95. The van der Waals surface area contributed by atoms with E-state index in [4.69, 9.17) is 0 Å². The third-order valence-electron chi connectivity index (χ3n) is 5.02. The van der Waals surface area contributed by atoms with Crippen molar-refractivity contribution in [2.45, 2.75) is 12.8 Å². The lowest BCUT2D eigenvalue weighted by Crippen LogP contribution is -2.37. The number of carbonyl (C=O) groups excluding carboxylic acids is 1. The van der Waals surface area contributed by atoms with Gasteiger partial charge in [-0.15, -0.1) is 0 Å². The maximum Gasteiger partial charge on any atom is 0.227 e. The lowest BCUT2D eigenvalue weighted by atomic mass is 10.0. The highest BCUT2D eigenvalue weighted by Crippen LogP contribution is 2.17. The molecule has 0 bridgehead atoms. The van der Waals surface area contributed by atoms with E-state index in [2.05, 4.69) is 21.9 Å². The zero-order valence-corrected chi connectivity index (χ0v) is 16.5. The number of hydrogen-bond donors (Lipinski definition) is 0. The molecule has 1 aliphatic heterocycles. The number of nitrogens with zero attached hydrogens (tertiary/aromatic N) is 5. The van der Waals surface area contributed by atoms with Gasteiger partial charge in [0.1, 0.15) is 12.1 Å². The number of carbonyl (C=O) groups is 1. The van der Waals surface area contributed by atoms with E-state index in [-0.39, 0.29) is 5.91 Å². The van der Waals surface area contributed by atoms with Crippen molar-refractivity contribution < 1.29 is 4.79 Å². The largest absolute Gasteiger partial charge is 0.363 e. The number of anilines is 1. The summed E-state index contributed by atoms with van der Waals surface area (Å²) in [4.78, 5) is 27.9. The normalized spacial score (nSPS) is 18.2. The molecule has 0 spiro atoms. The van der Waals surface area contributed by atoms with Gasteiger partial charge in [-0.3, -0.25) is 4.79 Å². The first-order chi connectivity index (χ1) is 13.0. The van der Waals surface area contributed by atoms with E-state index in [0.29, 0.717) is 12.3 Å². The minimum atomic E-state index is 0.207. The van der Waals surface area contributed by atoms with Crippen LogP contribution in [-0.4, -0.2) is 73.0 Å². The number of hydrogen-bond acceptors (Lipinski definition) is 5. The second-order valence-electron chi connectivity index (χ2n) is 7.60. The molecule has 1 aromatic heterocycles. The lowest BCUT2D eigenvalue weighted by Gasteiger charge is -2.24. The Labute approximate surface area is 161 Å². The number of rotatable bonds is 5. The van der Waals surface area contributed by atoms with Crippen LogP contribution >= 0.6 is 0 Å². The fourth-order valence-electron chi connectivity index (χ4n) is 3.56. The molecule has 2 aromatic rings. The van der Waals surface area contributed by atoms with Crippen LogP contribution in [0, 0.1) is 5.92 Å². The van der Waals surface area contributed by atoms with E-state index < -0.39 is 0 Å². The topological polar surface area (TPSA) is 52.6 Å². The van der Waals surface area contributed by atoms with Crippen molar-refractivity contribution in [3.05, 3.63) is 54.0 Å². The summed E-state index contributed by atoms with van der Waals surface area (Å²) in [5.74, 6) is 1.49. The molecule has 2 heterocycles. The zero-order valence-electron chi connectivity index (χ0n) is 16.5. The van der Waals surface area contributed by atoms with E-state index in [1.807, 2.05) is 60.3 Å². The molecule has 6 nitrogen and oxygen atoms in total. The van der Waals surface area contributed by atoms with Gasteiger partial charge in [-0.25, -0.2) is 9.97 Å². The third kappa shape index (κ3) is 5.50. The predicted molar refractivity (Wildman–Crippen MR) is 108 cm³/mol. The highest BCUT2D eigenvalue weighted by molar-refractivity contribution is 5.78. The smallest absolute Gasteiger partial charge is 0.227 e. The van der Waals surface area contributed by atoms with Gasteiger partial charge in [-0.05, 0) is 24.9 Å². The summed E-state index contributed by atoms with van der Waals surface area (Å²) in [5, 5.41) is 0. The summed E-state index contributed by atoms with van der Waals surface area (Å²) >= 11 is 0. The number of amides is 1. The van der Waals surface area contributed by atoms with E-state index in [0.717, 1.165) is 49.7 Å². The molecule has 1 aliphatic rings. The van der Waals surface area contributed by atoms with Gasteiger partial charge in [-0.2, -0.15) is 0 Å². The van der Waals surface area contributed by atoms with E-state index in [1.165, 1.54) is 0 Å². The monoisotopic (exact) mass is 367 g/mol. The molecule has 1 fully saturated rings. The third-order valence-corrected chi connectivity index (χ3v) is 5.02. The lowest BCUT2D eigenvalue weighted by molar-refractivity contribution is -0.130. The molecular formula is C21H29N5O. The maximum absolute atomic E-state index is 12.8. The van der Waals surface area contributed by atoms with E-state index in [9.17, 15) is 4.79 Å². The Hall–Kier alpha value is -2.47. The van der Waals surface area contributed by atoms with Crippen LogP contribution in [0.1, 0.15) is 11.3 Å². The van der Waals surface area contributed by atoms with Crippen LogP contribution in [0.25, 0.3) is 0 Å². The molecule has 144 valence electrons. The molecule has 6 heteroatoms. The van der Waals surface area contributed by atoms with Crippen LogP contribution in [0.3, 0.4) is 0 Å². The molecule has 1 saturated heterocycles. The molecule has 1 unspecified atom stereocenters. The fraction of sp³-hybridized carbons (Fsp3) is 0.476. The van der Waals surface area contributed by atoms with Crippen molar-refractivity contribution >= 4 is 11.7 Å². The number of aromatic nitrogens is 2. The van der Waals surface area contributed by atoms with Crippen LogP contribution in [0.2, 0.25) is 0 Å². The summed E-state index contributed by atoms with van der Waals surface area (Å²) in [5.41, 5.74) is 2.10. The van der Waals surface area contributed by atoms with Gasteiger partial charge < -0.3 is 14.7 Å². The van der Waals surface area contributed by atoms with Crippen molar-refractivity contribution in [2.24, 2.45) is 5.92 Å². The summed E-state index contributed by atoms with van der Waals surface area (Å²) in [6.45, 7) is 3.43. The van der Waals surface area contributed by atoms with Crippen LogP contribution in [0.4, 0.5) is 5.82 Å². The Bertz CT molecular complexity index is 749. The molecule has 1 aromatic carbocycles. The maximum atomic E-state index is 12.8. The van der Waals surface area contributed by atoms with Crippen molar-refractivity contribution in [1.82, 2.24) is 19.8 Å². The number of benzene rings is 1.